The molecule has 0 aliphatic carbocycles. The number of anilines is 1. The van der Waals surface area contributed by atoms with Crippen LogP contribution >= 0.6 is 0 Å². The first-order valence-electron chi connectivity index (χ1n) is 12.2. The van der Waals surface area contributed by atoms with Crippen molar-refractivity contribution in [2.45, 2.75) is 44.3 Å². The van der Waals surface area contributed by atoms with Crippen LogP contribution in [-0.2, 0) is 22.7 Å². The number of pyridine rings is 1. The van der Waals surface area contributed by atoms with E-state index < -0.39 is 22.9 Å². The smallest absolute Gasteiger partial charge is 0.325 e. The molecule has 0 saturated carbocycles. The minimum atomic E-state index is -0.759. The maximum Gasteiger partial charge on any atom is 0.325 e. The molecule has 2 N–H and O–H groups in total. The highest BCUT2D eigenvalue weighted by Crippen LogP contribution is 2.36. The molecule has 2 saturated heterocycles. The first kappa shape index (κ1) is 24.8. The van der Waals surface area contributed by atoms with Gasteiger partial charge in [0.1, 0.15) is 17.5 Å². The van der Waals surface area contributed by atoms with E-state index in [4.69, 9.17) is 4.74 Å². The van der Waals surface area contributed by atoms with Crippen molar-refractivity contribution < 1.29 is 24.3 Å². The number of piperidine rings is 1. The van der Waals surface area contributed by atoms with Gasteiger partial charge in [-0.05, 0) is 48.6 Å². The summed E-state index contributed by atoms with van der Waals surface area (Å²) in [6.07, 6.45) is 1.12. The number of urea groups is 1. The Hall–Kier alpha value is -3.90. The summed E-state index contributed by atoms with van der Waals surface area (Å²) in [7, 11) is 1.56. The average Bonchev–Trinajstić information content (AvgIpc) is 3.15. The SMILES string of the molecule is COc1ccc(CN2C(=O)N[C@@H](CCC(=O)N3C[C@H]4C[C@@H](C3)c3ccc(N([O-])O)c(=O)n3C4)C2=O)cc1. The van der Waals surface area contributed by atoms with Crippen LogP contribution in [0, 0.1) is 11.1 Å². The Bertz CT molecular complexity index is 1280. The lowest BCUT2D eigenvalue weighted by Gasteiger charge is -2.43. The van der Waals surface area contributed by atoms with E-state index in [-0.39, 0.29) is 48.7 Å². The summed E-state index contributed by atoms with van der Waals surface area (Å²) in [5.41, 5.74) is 0.645. The van der Waals surface area contributed by atoms with Crippen LogP contribution in [0.1, 0.15) is 36.4 Å². The lowest BCUT2D eigenvalue weighted by atomic mass is 9.83. The Kier molecular flexibility index (Phi) is 6.61. The van der Waals surface area contributed by atoms with Gasteiger partial charge in [-0.2, -0.15) is 0 Å². The molecule has 2 bridgehead atoms. The summed E-state index contributed by atoms with van der Waals surface area (Å²) in [5, 5.41) is 22.7. The molecule has 1 aromatic heterocycles. The highest BCUT2D eigenvalue weighted by atomic mass is 16.8. The molecule has 12 nitrogen and oxygen atoms in total. The van der Waals surface area contributed by atoms with Gasteiger partial charge < -0.3 is 30.0 Å². The van der Waals surface area contributed by atoms with Gasteiger partial charge in [-0.25, -0.2) is 4.79 Å². The van der Waals surface area contributed by atoms with Crippen molar-refractivity contribution in [3.8, 4) is 5.75 Å². The van der Waals surface area contributed by atoms with Crippen LogP contribution < -0.4 is 20.8 Å². The van der Waals surface area contributed by atoms with E-state index in [2.05, 4.69) is 5.32 Å². The molecule has 0 unspecified atom stereocenters. The third-order valence-corrected chi connectivity index (χ3v) is 7.40. The summed E-state index contributed by atoms with van der Waals surface area (Å²) in [4.78, 5) is 53.8. The fourth-order valence-electron chi connectivity index (χ4n) is 5.55. The fraction of sp³-hybridized carbons (Fsp3) is 0.440. The molecule has 2 fully saturated rings. The number of imide groups is 1. The molecule has 4 heterocycles. The molecule has 1 aromatic carbocycles. The quantitative estimate of drug-likeness (QED) is 0.420. The van der Waals surface area contributed by atoms with E-state index in [1.54, 1.807) is 42.3 Å². The highest BCUT2D eigenvalue weighted by Gasteiger charge is 2.40. The number of methoxy groups -OCH3 is 1. The van der Waals surface area contributed by atoms with Crippen molar-refractivity contribution in [1.29, 1.82) is 0 Å². The lowest BCUT2D eigenvalue weighted by Crippen LogP contribution is -2.49. The number of aromatic nitrogens is 1. The highest BCUT2D eigenvalue weighted by molar-refractivity contribution is 6.04. The van der Waals surface area contributed by atoms with Crippen LogP contribution in [0.3, 0.4) is 0 Å². The fourth-order valence-corrected chi connectivity index (χ4v) is 5.55. The number of fused-ring (bicyclic) bond motifs is 4. The zero-order chi connectivity index (χ0) is 26.3. The molecule has 5 rings (SSSR count). The number of ether oxygens (including phenoxy) is 1. The Morgan fingerprint density at radius 3 is 2.59 bits per heavy atom. The van der Waals surface area contributed by atoms with E-state index in [1.807, 2.05) is 0 Å². The van der Waals surface area contributed by atoms with Crippen molar-refractivity contribution in [1.82, 2.24) is 19.7 Å². The molecule has 0 radical (unpaired) electrons. The average molecular weight is 511 g/mol. The van der Waals surface area contributed by atoms with Gasteiger partial charge in [0, 0.05) is 37.7 Å². The van der Waals surface area contributed by atoms with Crippen molar-refractivity contribution in [2.75, 3.05) is 25.4 Å². The normalized spacial score (nSPS) is 22.5. The molecular formula is C25H28N5O7-. The number of nitrogens with one attached hydrogen (secondary N) is 1. The predicted molar refractivity (Wildman–Crippen MR) is 131 cm³/mol. The second-order valence-electron chi connectivity index (χ2n) is 9.74. The molecule has 0 spiro atoms. The number of carbonyl (C=O) groups excluding carboxylic acids is 3. The number of rotatable bonds is 7. The minimum absolute atomic E-state index is 0.0368. The number of hydrogen-bond donors (Lipinski definition) is 2. The van der Waals surface area contributed by atoms with Gasteiger partial charge >= 0.3 is 6.03 Å². The first-order chi connectivity index (χ1) is 17.7. The molecule has 37 heavy (non-hydrogen) atoms. The Balaban J connectivity index is 1.19. The van der Waals surface area contributed by atoms with Gasteiger partial charge in [0.05, 0.1) is 13.7 Å². The standard InChI is InChI=1S/C25H28N5O7/c1-37-18-4-2-15(3-5-18)12-29-23(32)19(26-25(29)34)6-9-22(31)27-11-16-10-17(14-27)20-7-8-21(30(35)36)24(33)28(20)13-16/h2-5,7-8,16-17,19,35H,6,9-14H2,1H3,(H,26,34)/q-1/t16-,17+,19+/m1/s1. The molecule has 2 aromatic rings. The second kappa shape index (κ2) is 9.87. The summed E-state index contributed by atoms with van der Waals surface area (Å²) in [6.45, 7) is 1.37. The summed E-state index contributed by atoms with van der Waals surface area (Å²) in [5.74, 6) is 0.182. The maximum absolute atomic E-state index is 13.1. The number of hydrogen-bond acceptors (Lipinski definition) is 8. The molecular weight excluding hydrogens is 482 g/mol. The van der Waals surface area contributed by atoms with Crippen molar-refractivity contribution in [3.05, 3.63) is 63.2 Å². The second-order valence-corrected chi connectivity index (χ2v) is 9.74. The maximum atomic E-state index is 13.1. The molecule has 3 atom stereocenters. The van der Waals surface area contributed by atoms with E-state index in [0.717, 1.165) is 22.6 Å². The van der Waals surface area contributed by atoms with Crippen LogP contribution in [0.5, 0.6) is 5.75 Å². The summed E-state index contributed by atoms with van der Waals surface area (Å²) >= 11 is 0. The zero-order valence-electron chi connectivity index (χ0n) is 20.3. The van der Waals surface area contributed by atoms with Crippen LogP contribution in [0.25, 0.3) is 0 Å². The summed E-state index contributed by atoms with van der Waals surface area (Å²) in [6, 6.07) is 8.81. The van der Waals surface area contributed by atoms with Gasteiger partial charge in [0.2, 0.25) is 5.91 Å². The monoisotopic (exact) mass is 510 g/mol. The Labute approximate surface area is 212 Å². The predicted octanol–water partition coefficient (Wildman–Crippen LogP) is 1.40. The minimum Gasteiger partial charge on any atom is -0.733 e. The molecule has 3 aliphatic rings. The van der Waals surface area contributed by atoms with Crippen LogP contribution in [0.15, 0.2) is 41.2 Å². The number of benzene rings is 1. The number of nitrogens with zero attached hydrogens (tertiary/aromatic N) is 4. The largest absolute Gasteiger partial charge is 0.733 e. The molecule has 4 amide bonds. The number of amides is 4. The molecule has 12 heteroatoms. The van der Waals surface area contributed by atoms with Crippen molar-refractivity contribution in [3.63, 3.8) is 0 Å². The van der Waals surface area contributed by atoms with E-state index in [0.29, 0.717) is 25.4 Å². The molecule has 196 valence electrons. The van der Waals surface area contributed by atoms with Crippen LogP contribution in [0.4, 0.5) is 10.5 Å². The number of carbonyl (C=O) groups is 3. The van der Waals surface area contributed by atoms with E-state index in [9.17, 15) is 29.6 Å². The van der Waals surface area contributed by atoms with Gasteiger partial charge in [-0.3, -0.25) is 24.5 Å². The number of likely N-dealkylation sites (tertiary alicyclic amines) is 1. The molecule has 3 aliphatic heterocycles. The topological polar surface area (TPSA) is 147 Å². The van der Waals surface area contributed by atoms with Gasteiger partial charge in [-0.15, -0.1) is 0 Å². The van der Waals surface area contributed by atoms with Gasteiger partial charge in [0.15, 0.2) is 0 Å². The van der Waals surface area contributed by atoms with Crippen molar-refractivity contribution in [2.24, 2.45) is 5.92 Å². The summed E-state index contributed by atoms with van der Waals surface area (Å²) < 4.78 is 6.64. The zero-order valence-corrected chi connectivity index (χ0v) is 20.3. The first-order valence-corrected chi connectivity index (χ1v) is 12.2. The van der Waals surface area contributed by atoms with Crippen LogP contribution in [-0.4, -0.2) is 63.7 Å². The van der Waals surface area contributed by atoms with Crippen LogP contribution in [0.2, 0.25) is 0 Å². The third-order valence-electron chi connectivity index (χ3n) is 7.40. The lowest BCUT2D eigenvalue weighted by molar-refractivity contribution is -0.134. The van der Waals surface area contributed by atoms with Crippen molar-refractivity contribution >= 4 is 23.5 Å². The Morgan fingerprint density at radius 1 is 1.14 bits per heavy atom. The third kappa shape index (κ3) is 4.77. The van der Waals surface area contributed by atoms with Gasteiger partial charge in [0.25, 0.3) is 11.5 Å². The van der Waals surface area contributed by atoms with E-state index >= 15 is 0 Å². The van der Waals surface area contributed by atoms with E-state index in [1.165, 1.54) is 10.6 Å². The Morgan fingerprint density at radius 2 is 1.89 bits per heavy atom. The van der Waals surface area contributed by atoms with Gasteiger partial charge in [-0.1, -0.05) is 12.1 Å².